The van der Waals surface area contributed by atoms with Gasteiger partial charge in [-0.25, -0.2) is 0 Å². The zero-order chi connectivity index (χ0) is 18.9. The van der Waals surface area contributed by atoms with Crippen LogP contribution in [-0.4, -0.2) is 45.7 Å². The molecule has 0 aromatic heterocycles. The van der Waals surface area contributed by atoms with E-state index in [2.05, 4.69) is 20.9 Å². The Balaban J connectivity index is 0.00000625. The SMILES string of the molecule is CN=C(NCC(=O)NCCOC)NC(C)c1cccc(C(F)(F)F)c1.I. The predicted octanol–water partition coefficient (Wildman–Crippen LogP) is 2.31. The van der Waals surface area contributed by atoms with Crippen LogP contribution in [0.25, 0.3) is 0 Å². The summed E-state index contributed by atoms with van der Waals surface area (Å²) in [5.74, 6) is 0.0681. The number of ether oxygens (including phenoxy) is 1. The minimum absolute atomic E-state index is 0. The number of hydrogen-bond donors (Lipinski definition) is 3. The number of carbonyl (C=O) groups excluding carboxylic acids is 1. The van der Waals surface area contributed by atoms with Gasteiger partial charge in [0.2, 0.25) is 5.91 Å². The second kappa shape index (κ2) is 11.9. The number of nitrogens with one attached hydrogen (secondary N) is 3. The monoisotopic (exact) mass is 488 g/mol. The van der Waals surface area contributed by atoms with Gasteiger partial charge in [-0.2, -0.15) is 13.2 Å². The average Bonchev–Trinajstić information content (AvgIpc) is 2.58. The summed E-state index contributed by atoms with van der Waals surface area (Å²) in [7, 11) is 3.04. The zero-order valence-corrected chi connectivity index (χ0v) is 17.1. The highest BCUT2D eigenvalue weighted by Gasteiger charge is 2.30. The molecule has 0 aliphatic heterocycles. The molecule has 0 saturated carbocycles. The molecule has 1 aromatic carbocycles. The van der Waals surface area contributed by atoms with Gasteiger partial charge in [-0.05, 0) is 24.6 Å². The van der Waals surface area contributed by atoms with Crippen molar-refractivity contribution in [2.24, 2.45) is 4.99 Å². The molecular weight excluding hydrogens is 464 g/mol. The number of alkyl halides is 3. The lowest BCUT2D eigenvalue weighted by molar-refractivity contribution is -0.137. The third-order valence-corrected chi connectivity index (χ3v) is 3.34. The van der Waals surface area contributed by atoms with Gasteiger partial charge in [-0.3, -0.25) is 9.79 Å². The Labute approximate surface area is 168 Å². The number of rotatable bonds is 7. The van der Waals surface area contributed by atoms with E-state index in [1.165, 1.54) is 20.2 Å². The van der Waals surface area contributed by atoms with Crippen LogP contribution in [0.15, 0.2) is 29.3 Å². The van der Waals surface area contributed by atoms with Crippen LogP contribution in [0.3, 0.4) is 0 Å². The maximum Gasteiger partial charge on any atom is 0.416 e. The maximum atomic E-state index is 12.8. The zero-order valence-electron chi connectivity index (χ0n) is 14.8. The van der Waals surface area contributed by atoms with Crippen molar-refractivity contribution in [3.8, 4) is 0 Å². The van der Waals surface area contributed by atoms with Crippen LogP contribution in [0.1, 0.15) is 24.1 Å². The van der Waals surface area contributed by atoms with Gasteiger partial charge in [0, 0.05) is 20.7 Å². The molecule has 0 fully saturated rings. The lowest BCUT2D eigenvalue weighted by Crippen LogP contribution is -2.44. The van der Waals surface area contributed by atoms with Gasteiger partial charge < -0.3 is 20.7 Å². The van der Waals surface area contributed by atoms with Crippen LogP contribution in [-0.2, 0) is 15.7 Å². The molecule has 0 aliphatic rings. The topological polar surface area (TPSA) is 74.8 Å². The molecule has 10 heteroatoms. The molecule has 0 bridgehead atoms. The Morgan fingerprint density at radius 2 is 2.00 bits per heavy atom. The number of carbonyl (C=O) groups is 1. The lowest BCUT2D eigenvalue weighted by Gasteiger charge is -2.19. The number of amides is 1. The van der Waals surface area contributed by atoms with E-state index < -0.39 is 17.8 Å². The fourth-order valence-corrected chi connectivity index (χ4v) is 1.99. The largest absolute Gasteiger partial charge is 0.416 e. The normalized spacial score (nSPS) is 12.8. The van der Waals surface area contributed by atoms with Crippen molar-refractivity contribution in [2.45, 2.75) is 19.1 Å². The molecule has 3 N–H and O–H groups in total. The molecule has 1 rings (SSSR count). The van der Waals surface area contributed by atoms with Gasteiger partial charge in [-0.1, -0.05) is 12.1 Å². The van der Waals surface area contributed by atoms with Gasteiger partial charge in [0.05, 0.1) is 24.8 Å². The molecule has 0 aliphatic carbocycles. The number of guanidine groups is 1. The number of benzene rings is 1. The summed E-state index contributed by atoms with van der Waals surface area (Å²) >= 11 is 0. The summed E-state index contributed by atoms with van der Waals surface area (Å²) < 4.78 is 43.2. The van der Waals surface area contributed by atoms with Crippen molar-refractivity contribution in [2.75, 3.05) is 33.9 Å². The smallest absolute Gasteiger partial charge is 0.383 e. The molecule has 6 nitrogen and oxygen atoms in total. The molecule has 0 saturated heterocycles. The number of halogens is 4. The van der Waals surface area contributed by atoms with Gasteiger partial charge in [-0.15, -0.1) is 24.0 Å². The third kappa shape index (κ3) is 8.70. The van der Waals surface area contributed by atoms with E-state index in [1.54, 1.807) is 13.0 Å². The Morgan fingerprint density at radius 1 is 1.31 bits per heavy atom. The first-order valence-electron chi connectivity index (χ1n) is 7.68. The first kappa shape index (κ1) is 24.4. The Bertz CT molecular complexity index is 597. The van der Waals surface area contributed by atoms with Crippen LogP contribution in [0, 0.1) is 0 Å². The number of nitrogens with zero attached hydrogens (tertiary/aromatic N) is 1. The Morgan fingerprint density at radius 3 is 2.58 bits per heavy atom. The summed E-state index contributed by atoms with van der Waals surface area (Å²) in [5, 5.41) is 8.39. The van der Waals surface area contributed by atoms with Crippen molar-refractivity contribution in [3.63, 3.8) is 0 Å². The molecule has 1 amide bonds. The number of hydrogen-bond acceptors (Lipinski definition) is 3. The predicted molar refractivity (Wildman–Crippen MR) is 105 cm³/mol. The van der Waals surface area contributed by atoms with Crippen molar-refractivity contribution in [1.82, 2.24) is 16.0 Å². The minimum atomic E-state index is -4.39. The van der Waals surface area contributed by atoms with Crippen molar-refractivity contribution in [1.29, 1.82) is 0 Å². The summed E-state index contributed by atoms with van der Waals surface area (Å²) in [6.07, 6.45) is -4.39. The van der Waals surface area contributed by atoms with Crippen LogP contribution in [0.2, 0.25) is 0 Å². The lowest BCUT2D eigenvalue weighted by atomic mass is 10.1. The molecule has 1 aromatic rings. The first-order chi connectivity index (χ1) is 11.8. The highest BCUT2D eigenvalue weighted by Crippen LogP contribution is 2.30. The Kier molecular flexibility index (Phi) is 11.2. The molecule has 0 radical (unpaired) electrons. The fourth-order valence-electron chi connectivity index (χ4n) is 1.99. The molecular formula is C16H24F3IN4O2. The number of aliphatic imine (C=N–C) groups is 1. The molecule has 1 unspecified atom stereocenters. The third-order valence-electron chi connectivity index (χ3n) is 3.34. The molecule has 0 spiro atoms. The summed E-state index contributed by atoms with van der Waals surface area (Å²) in [6.45, 7) is 2.49. The standard InChI is InChI=1S/C16H23F3N4O2.HI/c1-11(12-5-4-6-13(9-12)16(17,18)19)23-15(20-2)22-10-14(24)21-7-8-25-3;/h4-6,9,11H,7-8,10H2,1-3H3,(H,21,24)(H2,20,22,23);1H. The van der Waals surface area contributed by atoms with Gasteiger partial charge in [0.1, 0.15) is 0 Å². The highest BCUT2D eigenvalue weighted by atomic mass is 127. The Hall–Kier alpha value is -1.56. The molecule has 0 heterocycles. The van der Waals surface area contributed by atoms with E-state index in [1.807, 2.05) is 0 Å². The van der Waals surface area contributed by atoms with Crippen LogP contribution in [0.5, 0.6) is 0 Å². The maximum absolute atomic E-state index is 12.8. The van der Waals surface area contributed by atoms with Gasteiger partial charge in [0.15, 0.2) is 5.96 Å². The second-order valence-corrected chi connectivity index (χ2v) is 5.26. The van der Waals surface area contributed by atoms with E-state index in [0.29, 0.717) is 24.7 Å². The van der Waals surface area contributed by atoms with Gasteiger partial charge >= 0.3 is 6.18 Å². The van der Waals surface area contributed by atoms with Crippen LogP contribution < -0.4 is 16.0 Å². The van der Waals surface area contributed by atoms with E-state index >= 15 is 0 Å². The van der Waals surface area contributed by atoms with Crippen molar-refractivity contribution in [3.05, 3.63) is 35.4 Å². The fraction of sp³-hybridized carbons (Fsp3) is 0.500. The summed E-state index contributed by atoms with van der Waals surface area (Å²) in [4.78, 5) is 15.6. The van der Waals surface area contributed by atoms with E-state index in [-0.39, 0.29) is 36.4 Å². The molecule has 148 valence electrons. The van der Waals surface area contributed by atoms with E-state index in [4.69, 9.17) is 4.74 Å². The van der Waals surface area contributed by atoms with E-state index in [0.717, 1.165) is 12.1 Å². The average molecular weight is 488 g/mol. The summed E-state index contributed by atoms with van der Waals surface area (Å²) in [6, 6.07) is 4.63. The molecule has 1 atom stereocenters. The summed E-state index contributed by atoms with van der Waals surface area (Å²) in [5.41, 5.74) is -0.249. The van der Waals surface area contributed by atoms with Crippen molar-refractivity contribution >= 4 is 35.8 Å². The highest BCUT2D eigenvalue weighted by molar-refractivity contribution is 14.0. The first-order valence-corrected chi connectivity index (χ1v) is 7.68. The van der Waals surface area contributed by atoms with Crippen LogP contribution >= 0.6 is 24.0 Å². The van der Waals surface area contributed by atoms with E-state index in [9.17, 15) is 18.0 Å². The van der Waals surface area contributed by atoms with Gasteiger partial charge in [0.25, 0.3) is 0 Å². The second-order valence-electron chi connectivity index (χ2n) is 5.26. The quantitative estimate of drug-likeness (QED) is 0.239. The van der Waals surface area contributed by atoms with Crippen molar-refractivity contribution < 1.29 is 22.7 Å². The van der Waals surface area contributed by atoms with Crippen LogP contribution in [0.4, 0.5) is 13.2 Å². The molecule has 26 heavy (non-hydrogen) atoms. The minimum Gasteiger partial charge on any atom is -0.383 e. The number of methoxy groups -OCH3 is 1.